The van der Waals surface area contributed by atoms with Gasteiger partial charge in [0.1, 0.15) is 0 Å². The Kier molecular flexibility index (Phi) is 22.5. The predicted molar refractivity (Wildman–Crippen MR) is 152 cm³/mol. The summed E-state index contributed by atoms with van der Waals surface area (Å²) in [7, 11) is 0. The minimum atomic E-state index is 1.28. The topological polar surface area (TPSA) is 0 Å². The standard InChI is InChI=1S/C30H54S2/c1-3-5-7-9-11-13-15-17-19-21-27-31-29-23-25-30(26-24-29)32-28-22-20-18-16-14-12-10-8-6-4-2/h23-26H,3-22,27-28H2,1-2H3. The minimum Gasteiger partial charge on any atom is -0.126 e. The number of hydrogen-bond donors (Lipinski definition) is 0. The van der Waals surface area contributed by atoms with Gasteiger partial charge in [0.25, 0.3) is 0 Å². The molecule has 1 aromatic carbocycles. The molecule has 0 aliphatic rings. The normalized spacial score (nSPS) is 11.3. The molecule has 0 spiro atoms. The van der Waals surface area contributed by atoms with Crippen LogP contribution in [0.2, 0.25) is 0 Å². The van der Waals surface area contributed by atoms with Crippen molar-refractivity contribution in [3.63, 3.8) is 0 Å². The molecule has 0 N–H and O–H groups in total. The van der Waals surface area contributed by atoms with Gasteiger partial charge in [-0.2, -0.15) is 0 Å². The zero-order valence-electron chi connectivity index (χ0n) is 21.7. The summed E-state index contributed by atoms with van der Waals surface area (Å²) in [6, 6.07) is 9.34. The third-order valence-corrected chi connectivity index (χ3v) is 8.55. The summed E-state index contributed by atoms with van der Waals surface area (Å²) in [6.45, 7) is 4.59. The zero-order valence-corrected chi connectivity index (χ0v) is 23.3. The van der Waals surface area contributed by atoms with E-state index in [9.17, 15) is 0 Å². The molecule has 1 rings (SSSR count). The van der Waals surface area contributed by atoms with Gasteiger partial charge < -0.3 is 0 Å². The molecule has 0 unspecified atom stereocenters. The van der Waals surface area contributed by atoms with E-state index in [2.05, 4.69) is 38.1 Å². The van der Waals surface area contributed by atoms with Gasteiger partial charge in [-0.05, 0) is 48.6 Å². The largest absolute Gasteiger partial charge is 0.126 e. The van der Waals surface area contributed by atoms with E-state index < -0.39 is 0 Å². The van der Waals surface area contributed by atoms with Crippen molar-refractivity contribution in [2.75, 3.05) is 11.5 Å². The van der Waals surface area contributed by atoms with Crippen LogP contribution in [0.15, 0.2) is 34.1 Å². The summed E-state index contributed by atoms with van der Waals surface area (Å²) >= 11 is 4.09. The van der Waals surface area contributed by atoms with Crippen molar-refractivity contribution >= 4 is 23.5 Å². The second-order valence-electron chi connectivity index (χ2n) is 9.53. The molecule has 0 aliphatic carbocycles. The molecule has 32 heavy (non-hydrogen) atoms. The number of thioether (sulfide) groups is 2. The van der Waals surface area contributed by atoms with Crippen LogP contribution in [-0.2, 0) is 0 Å². The maximum Gasteiger partial charge on any atom is 0.00727 e. The summed E-state index contributed by atoms with van der Waals surface area (Å²) in [5.41, 5.74) is 0. The molecule has 2 heteroatoms. The summed E-state index contributed by atoms with van der Waals surface area (Å²) in [6.07, 6.45) is 28.5. The third kappa shape index (κ3) is 19.4. The van der Waals surface area contributed by atoms with E-state index in [1.165, 1.54) is 150 Å². The smallest absolute Gasteiger partial charge is 0.00727 e. The van der Waals surface area contributed by atoms with E-state index >= 15 is 0 Å². The van der Waals surface area contributed by atoms with Crippen molar-refractivity contribution in [1.82, 2.24) is 0 Å². The first-order valence-electron chi connectivity index (χ1n) is 14.2. The Morgan fingerprint density at radius 3 is 0.906 bits per heavy atom. The van der Waals surface area contributed by atoms with Crippen LogP contribution in [0.1, 0.15) is 142 Å². The van der Waals surface area contributed by atoms with Crippen molar-refractivity contribution in [3.05, 3.63) is 24.3 Å². The monoisotopic (exact) mass is 478 g/mol. The van der Waals surface area contributed by atoms with Crippen molar-refractivity contribution in [2.24, 2.45) is 0 Å². The van der Waals surface area contributed by atoms with Crippen LogP contribution in [0.3, 0.4) is 0 Å². The molecule has 0 atom stereocenters. The average Bonchev–Trinajstić information content (AvgIpc) is 2.82. The van der Waals surface area contributed by atoms with Crippen LogP contribution >= 0.6 is 23.5 Å². The Hall–Kier alpha value is -0.0800. The predicted octanol–water partition coefficient (Wildman–Crippen LogP) is 11.7. The lowest BCUT2D eigenvalue weighted by molar-refractivity contribution is 0.563. The number of rotatable bonds is 24. The molecule has 0 heterocycles. The van der Waals surface area contributed by atoms with Gasteiger partial charge in [0.2, 0.25) is 0 Å². The molecule has 0 aromatic heterocycles. The molecular formula is C30H54S2. The fourth-order valence-electron chi connectivity index (χ4n) is 4.19. The van der Waals surface area contributed by atoms with E-state index in [-0.39, 0.29) is 0 Å². The van der Waals surface area contributed by atoms with Crippen LogP contribution in [0, 0.1) is 0 Å². The van der Waals surface area contributed by atoms with Gasteiger partial charge in [0, 0.05) is 9.79 Å². The van der Waals surface area contributed by atoms with Crippen LogP contribution < -0.4 is 0 Å². The molecule has 0 amide bonds. The molecule has 0 aliphatic heterocycles. The van der Waals surface area contributed by atoms with Crippen molar-refractivity contribution in [1.29, 1.82) is 0 Å². The fourth-order valence-corrected chi connectivity index (χ4v) is 6.02. The van der Waals surface area contributed by atoms with E-state index in [4.69, 9.17) is 0 Å². The van der Waals surface area contributed by atoms with Crippen molar-refractivity contribution in [3.8, 4) is 0 Å². The van der Waals surface area contributed by atoms with Crippen LogP contribution in [0.4, 0.5) is 0 Å². The average molecular weight is 479 g/mol. The van der Waals surface area contributed by atoms with E-state index in [0.29, 0.717) is 0 Å². The van der Waals surface area contributed by atoms with E-state index in [1.54, 1.807) is 0 Å². The highest BCUT2D eigenvalue weighted by molar-refractivity contribution is 7.99. The Morgan fingerprint density at radius 2 is 0.625 bits per heavy atom. The third-order valence-electron chi connectivity index (χ3n) is 6.36. The molecular weight excluding hydrogens is 424 g/mol. The SMILES string of the molecule is CCCCCCCCCCCCSc1ccc(SCCCCCCCCCCCC)cc1. The molecule has 0 saturated carbocycles. The van der Waals surface area contributed by atoms with E-state index in [0.717, 1.165) is 0 Å². The van der Waals surface area contributed by atoms with Gasteiger partial charge in [-0.25, -0.2) is 0 Å². The first kappa shape index (κ1) is 30.0. The van der Waals surface area contributed by atoms with Gasteiger partial charge in [-0.1, -0.05) is 129 Å². The second-order valence-corrected chi connectivity index (χ2v) is 11.9. The van der Waals surface area contributed by atoms with Gasteiger partial charge >= 0.3 is 0 Å². The Labute approximate surface area is 210 Å². The maximum atomic E-state index is 2.34. The highest BCUT2D eigenvalue weighted by atomic mass is 32.2. The van der Waals surface area contributed by atoms with E-state index in [1.807, 2.05) is 23.5 Å². The highest BCUT2D eigenvalue weighted by Crippen LogP contribution is 2.25. The van der Waals surface area contributed by atoms with Crippen LogP contribution in [0.25, 0.3) is 0 Å². The lowest BCUT2D eigenvalue weighted by Crippen LogP contribution is -1.85. The van der Waals surface area contributed by atoms with Crippen LogP contribution in [0.5, 0.6) is 0 Å². The molecule has 0 radical (unpaired) electrons. The molecule has 0 nitrogen and oxygen atoms in total. The lowest BCUT2D eigenvalue weighted by Gasteiger charge is -2.05. The molecule has 0 fully saturated rings. The first-order valence-corrected chi connectivity index (χ1v) is 16.2. The molecule has 0 bridgehead atoms. The van der Waals surface area contributed by atoms with Gasteiger partial charge in [-0.15, -0.1) is 23.5 Å². The number of benzene rings is 1. The quantitative estimate of drug-likeness (QED) is 0.107. The summed E-state index contributed by atoms with van der Waals surface area (Å²) in [4.78, 5) is 2.90. The Balaban J connectivity index is 1.89. The minimum absolute atomic E-state index is 1.28. The summed E-state index contributed by atoms with van der Waals surface area (Å²) in [5, 5.41) is 0. The number of hydrogen-bond acceptors (Lipinski definition) is 2. The molecule has 0 saturated heterocycles. The Morgan fingerprint density at radius 1 is 0.375 bits per heavy atom. The number of unbranched alkanes of at least 4 members (excludes halogenated alkanes) is 18. The van der Waals surface area contributed by atoms with Gasteiger partial charge in [-0.3, -0.25) is 0 Å². The fraction of sp³-hybridized carbons (Fsp3) is 0.800. The Bertz CT molecular complexity index is 437. The second kappa shape index (κ2) is 24.1. The zero-order chi connectivity index (χ0) is 23.0. The lowest BCUT2D eigenvalue weighted by atomic mass is 10.1. The van der Waals surface area contributed by atoms with Gasteiger partial charge in [0.05, 0.1) is 0 Å². The molecule has 1 aromatic rings. The van der Waals surface area contributed by atoms with Gasteiger partial charge in [0.15, 0.2) is 0 Å². The molecule has 186 valence electrons. The summed E-state index contributed by atoms with van der Waals surface area (Å²) in [5.74, 6) is 2.56. The summed E-state index contributed by atoms with van der Waals surface area (Å²) < 4.78 is 0. The maximum absolute atomic E-state index is 2.34. The van der Waals surface area contributed by atoms with Crippen molar-refractivity contribution in [2.45, 2.75) is 152 Å². The van der Waals surface area contributed by atoms with Crippen molar-refractivity contribution < 1.29 is 0 Å². The highest BCUT2D eigenvalue weighted by Gasteiger charge is 1.99. The van der Waals surface area contributed by atoms with Crippen LogP contribution in [-0.4, -0.2) is 11.5 Å². The first-order chi connectivity index (χ1) is 15.9.